The molecule has 4 heteroatoms. The van der Waals surface area contributed by atoms with Crippen molar-refractivity contribution in [2.75, 3.05) is 18.0 Å². The Morgan fingerprint density at radius 1 is 0.581 bits per heavy atom. The van der Waals surface area contributed by atoms with Crippen LogP contribution in [0, 0.1) is 0 Å². The van der Waals surface area contributed by atoms with Gasteiger partial charge in [0.15, 0.2) is 0 Å². The molecular formula is C27H32N4. The molecule has 0 saturated heterocycles. The minimum atomic E-state index is 0.814. The molecule has 2 aromatic heterocycles. The molecule has 4 rings (SSSR count). The smallest absolute Gasteiger partial charge is 0.0722 e. The standard InChI is InChI=1S/C27H32N4/c28-18-10-4-2-1-3-5-11-21-31(26-16-19-29-24-14-8-6-12-22(24)26)27-17-20-30-25-15-9-7-13-23(25)27/h6-9,12-17,19-20H,1-5,10-11,18,21,28H2. The summed E-state index contributed by atoms with van der Waals surface area (Å²) in [5.74, 6) is 0. The van der Waals surface area contributed by atoms with E-state index in [-0.39, 0.29) is 0 Å². The van der Waals surface area contributed by atoms with Crippen LogP contribution in [0.1, 0.15) is 44.9 Å². The topological polar surface area (TPSA) is 55.0 Å². The van der Waals surface area contributed by atoms with Crippen LogP contribution in [0.5, 0.6) is 0 Å². The Morgan fingerprint density at radius 2 is 1.06 bits per heavy atom. The van der Waals surface area contributed by atoms with Crippen LogP contribution < -0.4 is 10.6 Å². The van der Waals surface area contributed by atoms with Gasteiger partial charge in [-0.15, -0.1) is 0 Å². The number of rotatable bonds is 11. The summed E-state index contributed by atoms with van der Waals surface area (Å²) in [6.45, 7) is 1.79. The Labute approximate surface area is 185 Å². The average Bonchev–Trinajstić information content (AvgIpc) is 2.83. The van der Waals surface area contributed by atoms with Crippen molar-refractivity contribution in [2.24, 2.45) is 5.73 Å². The summed E-state index contributed by atoms with van der Waals surface area (Å²) in [4.78, 5) is 11.6. The van der Waals surface area contributed by atoms with E-state index in [4.69, 9.17) is 5.73 Å². The fourth-order valence-corrected chi connectivity index (χ4v) is 4.30. The van der Waals surface area contributed by atoms with E-state index in [1.165, 1.54) is 54.3 Å². The predicted octanol–water partition coefficient (Wildman–Crippen LogP) is 6.61. The fourth-order valence-electron chi connectivity index (χ4n) is 4.30. The molecule has 0 atom stereocenters. The Kier molecular flexibility index (Phi) is 7.46. The van der Waals surface area contributed by atoms with Gasteiger partial charge in [0.1, 0.15) is 0 Å². The maximum Gasteiger partial charge on any atom is 0.0722 e. The zero-order valence-electron chi connectivity index (χ0n) is 18.2. The van der Waals surface area contributed by atoms with Gasteiger partial charge < -0.3 is 10.6 Å². The number of anilines is 2. The first-order chi connectivity index (χ1) is 15.4. The molecule has 31 heavy (non-hydrogen) atoms. The molecule has 4 nitrogen and oxygen atoms in total. The van der Waals surface area contributed by atoms with Gasteiger partial charge in [0.05, 0.1) is 22.4 Å². The lowest BCUT2D eigenvalue weighted by Crippen LogP contribution is -2.19. The second-order valence-electron chi connectivity index (χ2n) is 8.11. The molecule has 4 aromatic rings. The molecule has 0 amide bonds. The highest BCUT2D eigenvalue weighted by molar-refractivity contribution is 5.99. The number of pyridine rings is 2. The van der Waals surface area contributed by atoms with Crippen molar-refractivity contribution < 1.29 is 0 Å². The molecule has 0 unspecified atom stereocenters. The molecular weight excluding hydrogens is 380 g/mol. The van der Waals surface area contributed by atoms with E-state index in [0.717, 1.165) is 37.0 Å². The minimum absolute atomic E-state index is 0.814. The Hall–Kier alpha value is -2.98. The number of para-hydroxylation sites is 2. The Bertz CT molecular complexity index is 1020. The third kappa shape index (κ3) is 5.20. The summed E-state index contributed by atoms with van der Waals surface area (Å²) in [6, 6.07) is 21.1. The van der Waals surface area contributed by atoms with E-state index in [0.29, 0.717) is 0 Å². The fraction of sp³-hybridized carbons (Fsp3) is 0.333. The van der Waals surface area contributed by atoms with Gasteiger partial charge in [0.2, 0.25) is 0 Å². The molecule has 0 aliphatic carbocycles. The quantitative estimate of drug-likeness (QED) is 0.282. The van der Waals surface area contributed by atoms with Crippen LogP contribution in [0.3, 0.4) is 0 Å². The summed E-state index contributed by atoms with van der Waals surface area (Å²) < 4.78 is 0. The maximum absolute atomic E-state index is 5.60. The van der Waals surface area contributed by atoms with E-state index >= 15 is 0 Å². The van der Waals surface area contributed by atoms with Gasteiger partial charge in [-0.2, -0.15) is 0 Å². The molecule has 160 valence electrons. The van der Waals surface area contributed by atoms with Crippen molar-refractivity contribution in [3.63, 3.8) is 0 Å². The van der Waals surface area contributed by atoms with Crippen molar-refractivity contribution in [3.05, 3.63) is 73.1 Å². The highest BCUT2D eigenvalue weighted by Crippen LogP contribution is 2.35. The van der Waals surface area contributed by atoms with Crippen LogP contribution in [-0.2, 0) is 0 Å². The largest absolute Gasteiger partial charge is 0.340 e. The van der Waals surface area contributed by atoms with Crippen molar-refractivity contribution in [1.82, 2.24) is 9.97 Å². The lowest BCUT2D eigenvalue weighted by atomic mass is 10.1. The maximum atomic E-state index is 5.60. The second-order valence-corrected chi connectivity index (χ2v) is 8.11. The molecule has 0 fully saturated rings. The minimum Gasteiger partial charge on any atom is -0.340 e. The van der Waals surface area contributed by atoms with Gasteiger partial charge in [-0.25, -0.2) is 0 Å². The highest BCUT2D eigenvalue weighted by Gasteiger charge is 2.15. The molecule has 0 radical (unpaired) electrons. The molecule has 2 aromatic carbocycles. The first-order valence-electron chi connectivity index (χ1n) is 11.5. The van der Waals surface area contributed by atoms with Crippen LogP contribution in [0.4, 0.5) is 11.4 Å². The lowest BCUT2D eigenvalue weighted by molar-refractivity contribution is 0.583. The average molecular weight is 413 g/mol. The van der Waals surface area contributed by atoms with Crippen LogP contribution in [0.15, 0.2) is 73.1 Å². The normalized spacial score (nSPS) is 11.3. The van der Waals surface area contributed by atoms with Crippen LogP contribution in [0.25, 0.3) is 21.8 Å². The molecule has 0 spiro atoms. The molecule has 0 bridgehead atoms. The zero-order chi connectivity index (χ0) is 21.3. The Balaban J connectivity index is 1.59. The number of nitrogens with two attached hydrogens (primary N) is 1. The first-order valence-corrected chi connectivity index (χ1v) is 11.5. The summed E-state index contributed by atoms with van der Waals surface area (Å²) >= 11 is 0. The van der Waals surface area contributed by atoms with E-state index in [9.17, 15) is 0 Å². The van der Waals surface area contributed by atoms with Gasteiger partial charge in [0, 0.05) is 29.7 Å². The molecule has 0 saturated carbocycles. The molecule has 0 aliphatic heterocycles. The van der Waals surface area contributed by atoms with E-state index < -0.39 is 0 Å². The third-order valence-corrected chi connectivity index (χ3v) is 5.92. The summed E-state index contributed by atoms with van der Waals surface area (Å²) in [6.07, 6.45) is 12.5. The van der Waals surface area contributed by atoms with Crippen molar-refractivity contribution in [1.29, 1.82) is 0 Å². The van der Waals surface area contributed by atoms with Crippen LogP contribution in [-0.4, -0.2) is 23.1 Å². The zero-order valence-corrected chi connectivity index (χ0v) is 18.2. The van der Waals surface area contributed by atoms with Gasteiger partial charge in [0.25, 0.3) is 0 Å². The summed E-state index contributed by atoms with van der Waals surface area (Å²) in [5.41, 5.74) is 10.1. The van der Waals surface area contributed by atoms with Gasteiger partial charge >= 0.3 is 0 Å². The van der Waals surface area contributed by atoms with E-state index in [1.807, 2.05) is 12.4 Å². The van der Waals surface area contributed by atoms with Crippen molar-refractivity contribution in [2.45, 2.75) is 44.9 Å². The molecule has 2 N–H and O–H groups in total. The number of hydrogen-bond donors (Lipinski definition) is 1. The molecule has 2 heterocycles. The number of fused-ring (bicyclic) bond motifs is 2. The van der Waals surface area contributed by atoms with Crippen molar-refractivity contribution >= 4 is 33.2 Å². The Morgan fingerprint density at radius 3 is 1.61 bits per heavy atom. The van der Waals surface area contributed by atoms with E-state index in [1.54, 1.807) is 0 Å². The van der Waals surface area contributed by atoms with Crippen LogP contribution >= 0.6 is 0 Å². The van der Waals surface area contributed by atoms with Gasteiger partial charge in [-0.1, -0.05) is 68.5 Å². The number of hydrogen-bond acceptors (Lipinski definition) is 4. The predicted molar refractivity (Wildman–Crippen MR) is 132 cm³/mol. The van der Waals surface area contributed by atoms with Gasteiger partial charge in [-0.05, 0) is 43.7 Å². The first kappa shape index (κ1) is 21.3. The monoisotopic (exact) mass is 412 g/mol. The van der Waals surface area contributed by atoms with Crippen LogP contribution in [0.2, 0.25) is 0 Å². The van der Waals surface area contributed by atoms with E-state index in [2.05, 4.69) is 75.5 Å². The number of unbranched alkanes of at least 4 members (excludes halogenated alkanes) is 6. The SMILES string of the molecule is NCCCCCCCCCN(c1ccnc2ccccc12)c1ccnc2ccccc12. The lowest BCUT2D eigenvalue weighted by Gasteiger charge is -2.27. The highest BCUT2D eigenvalue weighted by atomic mass is 15.1. The number of benzene rings is 2. The number of nitrogens with zero attached hydrogens (tertiary/aromatic N) is 3. The van der Waals surface area contributed by atoms with Crippen molar-refractivity contribution in [3.8, 4) is 0 Å². The third-order valence-electron chi connectivity index (χ3n) is 5.92. The summed E-state index contributed by atoms with van der Waals surface area (Å²) in [5, 5.41) is 2.38. The molecule has 0 aliphatic rings. The number of aromatic nitrogens is 2. The second kappa shape index (κ2) is 10.9. The van der Waals surface area contributed by atoms with Gasteiger partial charge in [-0.3, -0.25) is 9.97 Å². The summed E-state index contributed by atoms with van der Waals surface area (Å²) in [7, 11) is 0.